The Morgan fingerprint density at radius 1 is 1.45 bits per heavy atom. The molecule has 1 aliphatic carbocycles. The second-order valence-electron chi connectivity index (χ2n) is 2.66. The Morgan fingerprint density at radius 2 is 1.91 bits per heavy atom. The Balaban J connectivity index is 2.98. The molecule has 0 aromatic rings. The molecule has 0 spiro atoms. The summed E-state index contributed by atoms with van der Waals surface area (Å²) in [5.74, 6) is -3.50. The zero-order valence-corrected chi connectivity index (χ0v) is 7.68. The lowest BCUT2D eigenvalue weighted by molar-refractivity contribution is -0.0500. The molecular weight excluding hydrogens is 193 g/mol. The van der Waals surface area contributed by atoms with Gasteiger partial charge in [0.15, 0.2) is 4.33 Å². The Labute approximate surface area is 74.2 Å². The minimum absolute atomic E-state index is 0.0301. The van der Waals surface area contributed by atoms with Crippen LogP contribution >= 0.6 is 23.2 Å². The monoisotopic (exact) mass is 200 g/mol. The van der Waals surface area contributed by atoms with Gasteiger partial charge in [-0.1, -0.05) is 36.2 Å². The molecule has 0 aromatic carbocycles. The van der Waals surface area contributed by atoms with Crippen LogP contribution in [0.25, 0.3) is 0 Å². The van der Waals surface area contributed by atoms with Crippen LogP contribution in [0.15, 0.2) is 11.6 Å². The van der Waals surface area contributed by atoms with E-state index in [0.717, 1.165) is 0 Å². The first kappa shape index (κ1) is 9.27. The van der Waals surface area contributed by atoms with Crippen LogP contribution < -0.4 is 0 Å². The van der Waals surface area contributed by atoms with E-state index in [0.29, 0.717) is 0 Å². The second-order valence-corrected chi connectivity index (χ2v) is 4.05. The highest BCUT2D eigenvalue weighted by Crippen LogP contribution is 2.61. The predicted molar refractivity (Wildman–Crippen MR) is 42.3 cm³/mol. The van der Waals surface area contributed by atoms with E-state index in [1.165, 1.54) is 6.08 Å². The van der Waals surface area contributed by atoms with E-state index in [2.05, 4.69) is 0 Å². The topological polar surface area (TPSA) is 0 Å². The van der Waals surface area contributed by atoms with E-state index in [-0.39, 0.29) is 5.57 Å². The number of hydrogen-bond acceptors (Lipinski definition) is 0. The molecule has 0 heterocycles. The fraction of sp³-hybridized carbons (Fsp3) is 0.714. The average Bonchev–Trinajstić information content (AvgIpc) is 1.88. The fourth-order valence-corrected chi connectivity index (χ4v) is 1.74. The first-order valence-corrected chi connectivity index (χ1v) is 4.03. The number of allylic oxidation sites excluding steroid dienone is 2. The molecule has 4 heteroatoms. The van der Waals surface area contributed by atoms with Gasteiger partial charge in [0, 0.05) is 11.5 Å². The molecule has 1 atom stereocenters. The first-order valence-electron chi connectivity index (χ1n) is 3.28. The lowest BCUT2D eigenvalue weighted by atomic mass is 9.75. The number of alkyl halides is 4. The first-order chi connectivity index (χ1) is 4.85. The van der Waals surface area contributed by atoms with Crippen molar-refractivity contribution in [3.05, 3.63) is 11.6 Å². The normalized spacial score (nSPS) is 36.9. The van der Waals surface area contributed by atoms with Gasteiger partial charge >= 0.3 is 5.92 Å². The third-order valence-corrected chi connectivity index (χ3v) is 3.23. The standard InChI is InChI=1S/C7H8Cl2F2/c1-3-5-4(2)6(8,9)7(5,10)11/h3-4H,1-2H3/b5-3-/t4-/m1/s1. The summed E-state index contributed by atoms with van der Waals surface area (Å²) in [4.78, 5) is 0. The van der Waals surface area contributed by atoms with E-state index in [1.54, 1.807) is 13.8 Å². The van der Waals surface area contributed by atoms with E-state index in [1.807, 2.05) is 0 Å². The Bertz CT molecular complexity index is 208. The number of hydrogen-bond donors (Lipinski definition) is 0. The van der Waals surface area contributed by atoms with Gasteiger partial charge in [-0.3, -0.25) is 0 Å². The molecule has 0 nitrogen and oxygen atoms in total. The molecule has 0 radical (unpaired) electrons. The van der Waals surface area contributed by atoms with Gasteiger partial charge in [-0.15, -0.1) is 0 Å². The van der Waals surface area contributed by atoms with Crippen molar-refractivity contribution in [2.45, 2.75) is 24.1 Å². The summed E-state index contributed by atoms with van der Waals surface area (Å²) >= 11 is 10.8. The maximum absolute atomic E-state index is 12.9. The summed E-state index contributed by atoms with van der Waals surface area (Å²) in [6.45, 7) is 3.15. The molecule has 0 bridgehead atoms. The summed E-state index contributed by atoms with van der Waals surface area (Å²) < 4.78 is 23.9. The smallest absolute Gasteiger partial charge is 0.198 e. The molecule has 0 aliphatic heterocycles. The molecule has 1 aliphatic rings. The fourth-order valence-electron chi connectivity index (χ4n) is 1.29. The van der Waals surface area contributed by atoms with Crippen molar-refractivity contribution in [2.24, 2.45) is 5.92 Å². The zero-order chi connectivity index (χ0) is 8.86. The van der Waals surface area contributed by atoms with Crippen molar-refractivity contribution in [2.75, 3.05) is 0 Å². The van der Waals surface area contributed by atoms with E-state index in [9.17, 15) is 8.78 Å². The Hall–Kier alpha value is 0.180. The third kappa shape index (κ3) is 0.922. The SMILES string of the molecule is C/C=C1/[C@@H](C)C(Cl)(Cl)C1(F)F. The van der Waals surface area contributed by atoms with E-state index in [4.69, 9.17) is 23.2 Å². The van der Waals surface area contributed by atoms with Crippen LogP contribution in [0.5, 0.6) is 0 Å². The number of halogens is 4. The molecule has 0 saturated heterocycles. The highest BCUT2D eigenvalue weighted by Gasteiger charge is 2.68. The molecule has 1 fully saturated rings. The van der Waals surface area contributed by atoms with Crippen molar-refractivity contribution in [3.63, 3.8) is 0 Å². The van der Waals surface area contributed by atoms with Crippen LogP contribution in [-0.4, -0.2) is 10.3 Å². The molecule has 1 rings (SSSR count). The molecule has 0 N–H and O–H groups in total. The molecular formula is C7H8Cl2F2. The summed E-state index contributed by atoms with van der Waals surface area (Å²) in [6, 6.07) is 0. The maximum atomic E-state index is 12.9. The molecule has 1 saturated carbocycles. The molecule has 0 amide bonds. The largest absolute Gasteiger partial charge is 0.302 e. The maximum Gasteiger partial charge on any atom is 0.302 e. The van der Waals surface area contributed by atoms with E-state index < -0.39 is 16.2 Å². The van der Waals surface area contributed by atoms with Gasteiger partial charge in [0.25, 0.3) is 0 Å². The zero-order valence-electron chi connectivity index (χ0n) is 6.17. The van der Waals surface area contributed by atoms with Gasteiger partial charge in [-0.2, -0.15) is 8.78 Å². The second kappa shape index (κ2) is 2.33. The predicted octanol–water partition coefficient (Wildman–Crippen LogP) is 3.39. The van der Waals surface area contributed by atoms with Gasteiger partial charge in [-0.25, -0.2) is 0 Å². The third-order valence-electron chi connectivity index (χ3n) is 2.10. The Morgan fingerprint density at radius 3 is 2.09 bits per heavy atom. The Kier molecular flexibility index (Phi) is 1.97. The van der Waals surface area contributed by atoms with Crippen molar-refractivity contribution in [3.8, 4) is 0 Å². The van der Waals surface area contributed by atoms with Crippen LogP contribution in [0.4, 0.5) is 8.78 Å². The van der Waals surface area contributed by atoms with Crippen molar-refractivity contribution >= 4 is 23.2 Å². The van der Waals surface area contributed by atoms with Crippen LogP contribution in [0.2, 0.25) is 0 Å². The van der Waals surface area contributed by atoms with Crippen molar-refractivity contribution < 1.29 is 8.78 Å². The summed E-state index contributed by atoms with van der Waals surface area (Å²) in [6.07, 6.45) is 1.37. The number of rotatable bonds is 0. The van der Waals surface area contributed by atoms with Crippen LogP contribution in [0, 0.1) is 5.92 Å². The average molecular weight is 201 g/mol. The van der Waals surface area contributed by atoms with Crippen LogP contribution in [0.1, 0.15) is 13.8 Å². The van der Waals surface area contributed by atoms with Gasteiger partial charge in [0.1, 0.15) is 0 Å². The highest BCUT2D eigenvalue weighted by atomic mass is 35.5. The van der Waals surface area contributed by atoms with Crippen LogP contribution in [-0.2, 0) is 0 Å². The molecule has 0 unspecified atom stereocenters. The lowest BCUT2D eigenvalue weighted by Crippen LogP contribution is -2.58. The molecule has 11 heavy (non-hydrogen) atoms. The summed E-state index contributed by atoms with van der Waals surface area (Å²) in [5.41, 5.74) is 0.0301. The van der Waals surface area contributed by atoms with Gasteiger partial charge in [0.2, 0.25) is 0 Å². The summed E-state index contributed by atoms with van der Waals surface area (Å²) in [7, 11) is 0. The van der Waals surface area contributed by atoms with Crippen molar-refractivity contribution in [1.29, 1.82) is 0 Å². The van der Waals surface area contributed by atoms with Gasteiger partial charge < -0.3 is 0 Å². The molecule has 0 aromatic heterocycles. The van der Waals surface area contributed by atoms with Crippen LogP contribution in [0.3, 0.4) is 0 Å². The molecule has 64 valence electrons. The quantitative estimate of drug-likeness (QED) is 0.416. The highest BCUT2D eigenvalue weighted by molar-refractivity contribution is 6.50. The van der Waals surface area contributed by atoms with E-state index >= 15 is 0 Å². The van der Waals surface area contributed by atoms with Gasteiger partial charge in [-0.05, 0) is 6.92 Å². The van der Waals surface area contributed by atoms with Crippen molar-refractivity contribution in [1.82, 2.24) is 0 Å². The lowest BCUT2D eigenvalue weighted by Gasteiger charge is -2.48. The minimum Gasteiger partial charge on any atom is -0.198 e. The van der Waals surface area contributed by atoms with Gasteiger partial charge in [0.05, 0.1) is 0 Å². The summed E-state index contributed by atoms with van der Waals surface area (Å²) in [5, 5.41) is 0. The minimum atomic E-state index is -3.05.